The maximum Gasteiger partial charge on any atom is 0.267 e. The summed E-state index contributed by atoms with van der Waals surface area (Å²) in [5.74, 6) is -1.36. The Morgan fingerprint density at radius 1 is 1.18 bits per heavy atom. The third-order valence-electron chi connectivity index (χ3n) is 1.22. The fourth-order valence-corrected chi connectivity index (χ4v) is 0.697. The molecule has 4 heteroatoms. The molecule has 1 aliphatic carbocycles. The molecule has 0 spiro atoms. The van der Waals surface area contributed by atoms with E-state index >= 15 is 0 Å². The molecule has 1 aliphatic rings. The van der Waals surface area contributed by atoms with Crippen LogP contribution in [0.25, 0.3) is 0 Å². The van der Waals surface area contributed by atoms with Crippen molar-refractivity contribution in [1.82, 2.24) is 0 Å². The molecular formula is C7H4F2O2. The van der Waals surface area contributed by atoms with Crippen molar-refractivity contribution >= 4 is 11.6 Å². The van der Waals surface area contributed by atoms with Gasteiger partial charge in [-0.15, -0.1) is 0 Å². The second kappa shape index (κ2) is 2.74. The van der Waals surface area contributed by atoms with Crippen molar-refractivity contribution in [1.29, 1.82) is 0 Å². The van der Waals surface area contributed by atoms with Crippen LogP contribution in [0.4, 0.5) is 8.78 Å². The SMILES string of the molecule is O=C1C=CC(=O)C(C(F)F)=C1. The second-order valence-electron chi connectivity index (χ2n) is 2.00. The molecule has 0 bridgehead atoms. The number of carbonyl (C=O) groups excluding carboxylic acids is 2. The Morgan fingerprint density at radius 2 is 1.82 bits per heavy atom. The maximum absolute atomic E-state index is 11.9. The van der Waals surface area contributed by atoms with Crippen LogP contribution < -0.4 is 0 Å². The third kappa shape index (κ3) is 1.58. The molecule has 58 valence electrons. The van der Waals surface area contributed by atoms with E-state index in [1.54, 1.807) is 0 Å². The Kier molecular flexibility index (Phi) is 1.94. The average molecular weight is 158 g/mol. The minimum absolute atomic E-state index is 0.570. The quantitative estimate of drug-likeness (QED) is 0.531. The van der Waals surface area contributed by atoms with E-state index in [0.717, 1.165) is 12.2 Å². The molecule has 11 heavy (non-hydrogen) atoms. The highest BCUT2D eigenvalue weighted by atomic mass is 19.3. The molecule has 0 heterocycles. The van der Waals surface area contributed by atoms with Crippen molar-refractivity contribution in [3.05, 3.63) is 23.8 Å². The van der Waals surface area contributed by atoms with E-state index in [1.807, 2.05) is 0 Å². The summed E-state index contributed by atoms with van der Waals surface area (Å²) >= 11 is 0. The average Bonchev–Trinajstić information content (AvgIpc) is 1.94. The van der Waals surface area contributed by atoms with Crippen LogP contribution in [-0.2, 0) is 9.59 Å². The Morgan fingerprint density at radius 3 is 2.27 bits per heavy atom. The highest BCUT2D eigenvalue weighted by Crippen LogP contribution is 2.13. The highest BCUT2D eigenvalue weighted by molar-refractivity contribution is 6.17. The standard InChI is InChI=1S/C7H4F2O2/c8-7(9)5-3-4(10)1-2-6(5)11/h1-3,7H. The van der Waals surface area contributed by atoms with Crippen LogP contribution in [0.1, 0.15) is 0 Å². The molecule has 0 unspecified atom stereocenters. The van der Waals surface area contributed by atoms with Crippen molar-refractivity contribution in [2.75, 3.05) is 0 Å². The first-order valence-electron chi connectivity index (χ1n) is 2.87. The van der Waals surface area contributed by atoms with Gasteiger partial charge in [0.2, 0.25) is 0 Å². The highest BCUT2D eigenvalue weighted by Gasteiger charge is 2.21. The molecular weight excluding hydrogens is 154 g/mol. The predicted molar refractivity (Wildman–Crippen MR) is 33.2 cm³/mol. The lowest BCUT2D eigenvalue weighted by atomic mass is 10.0. The van der Waals surface area contributed by atoms with Gasteiger partial charge >= 0.3 is 0 Å². The number of hydrogen-bond acceptors (Lipinski definition) is 2. The van der Waals surface area contributed by atoms with Gasteiger partial charge in [0.05, 0.1) is 5.57 Å². The first-order valence-corrected chi connectivity index (χ1v) is 2.87. The summed E-state index contributed by atoms with van der Waals surface area (Å²) in [5, 5.41) is 0. The van der Waals surface area contributed by atoms with Crippen molar-refractivity contribution in [2.45, 2.75) is 6.43 Å². The first kappa shape index (κ1) is 7.78. The lowest BCUT2D eigenvalue weighted by molar-refractivity contribution is -0.115. The number of carbonyl (C=O) groups is 2. The minimum Gasteiger partial charge on any atom is -0.290 e. The Hall–Kier alpha value is -1.32. The van der Waals surface area contributed by atoms with Crippen molar-refractivity contribution < 1.29 is 18.4 Å². The van der Waals surface area contributed by atoms with E-state index in [2.05, 4.69) is 0 Å². The van der Waals surface area contributed by atoms with Gasteiger partial charge in [-0.3, -0.25) is 9.59 Å². The molecule has 0 aromatic rings. The molecule has 2 nitrogen and oxygen atoms in total. The molecule has 0 saturated heterocycles. The van der Waals surface area contributed by atoms with Crippen LogP contribution in [0.3, 0.4) is 0 Å². The van der Waals surface area contributed by atoms with E-state index in [-0.39, 0.29) is 0 Å². The molecule has 0 aliphatic heterocycles. The Bertz CT molecular complexity index is 264. The summed E-state index contributed by atoms with van der Waals surface area (Å²) in [4.78, 5) is 21.1. The summed E-state index contributed by atoms with van der Waals surface area (Å²) in [6, 6.07) is 0. The smallest absolute Gasteiger partial charge is 0.267 e. The van der Waals surface area contributed by atoms with Crippen LogP contribution >= 0.6 is 0 Å². The van der Waals surface area contributed by atoms with E-state index < -0.39 is 23.6 Å². The van der Waals surface area contributed by atoms with E-state index in [0.29, 0.717) is 6.08 Å². The fraction of sp³-hybridized carbons (Fsp3) is 0.143. The van der Waals surface area contributed by atoms with Crippen LogP contribution in [0, 0.1) is 0 Å². The number of ketones is 2. The molecule has 0 N–H and O–H groups in total. The van der Waals surface area contributed by atoms with Crippen molar-refractivity contribution in [2.24, 2.45) is 0 Å². The zero-order chi connectivity index (χ0) is 8.43. The zero-order valence-electron chi connectivity index (χ0n) is 5.38. The summed E-state index contributed by atoms with van der Waals surface area (Å²) in [5.41, 5.74) is -0.725. The van der Waals surface area contributed by atoms with E-state index in [9.17, 15) is 18.4 Å². The third-order valence-corrected chi connectivity index (χ3v) is 1.22. The van der Waals surface area contributed by atoms with Crippen LogP contribution in [0.15, 0.2) is 23.8 Å². The lowest BCUT2D eigenvalue weighted by Crippen LogP contribution is -2.13. The molecule has 0 amide bonds. The van der Waals surface area contributed by atoms with Crippen LogP contribution in [0.2, 0.25) is 0 Å². The van der Waals surface area contributed by atoms with Crippen LogP contribution in [0.5, 0.6) is 0 Å². The number of allylic oxidation sites excluding steroid dienone is 4. The Balaban J connectivity index is 2.94. The Labute approximate surface area is 61.2 Å². The normalized spacial score (nSPS) is 17.5. The van der Waals surface area contributed by atoms with Gasteiger partial charge in [0, 0.05) is 0 Å². The number of halogens is 2. The van der Waals surface area contributed by atoms with Gasteiger partial charge < -0.3 is 0 Å². The predicted octanol–water partition coefficient (Wildman–Crippen LogP) is 0.886. The van der Waals surface area contributed by atoms with Gasteiger partial charge in [-0.25, -0.2) is 8.78 Å². The van der Waals surface area contributed by atoms with Crippen LogP contribution in [-0.4, -0.2) is 18.0 Å². The monoisotopic (exact) mass is 158 g/mol. The summed E-state index contributed by atoms with van der Waals surface area (Å²) < 4.78 is 23.7. The van der Waals surface area contributed by atoms with E-state index in [1.165, 1.54) is 0 Å². The van der Waals surface area contributed by atoms with Crippen molar-refractivity contribution in [3.8, 4) is 0 Å². The summed E-state index contributed by atoms with van der Waals surface area (Å²) in [6.45, 7) is 0. The molecule has 0 atom stereocenters. The molecule has 0 fully saturated rings. The van der Waals surface area contributed by atoms with Gasteiger partial charge in [0.15, 0.2) is 11.6 Å². The van der Waals surface area contributed by atoms with E-state index in [4.69, 9.17) is 0 Å². The number of rotatable bonds is 1. The topological polar surface area (TPSA) is 34.1 Å². The molecule has 0 aromatic heterocycles. The minimum atomic E-state index is -2.86. The molecule has 0 aromatic carbocycles. The van der Waals surface area contributed by atoms with Gasteiger partial charge in [0.1, 0.15) is 0 Å². The zero-order valence-corrected chi connectivity index (χ0v) is 5.38. The first-order chi connectivity index (χ1) is 5.11. The molecule has 0 radical (unpaired) electrons. The van der Waals surface area contributed by atoms with Gasteiger partial charge in [0.25, 0.3) is 6.43 Å². The van der Waals surface area contributed by atoms with Crippen molar-refractivity contribution in [3.63, 3.8) is 0 Å². The van der Waals surface area contributed by atoms with Gasteiger partial charge in [-0.1, -0.05) is 0 Å². The number of alkyl halides is 2. The van der Waals surface area contributed by atoms with Gasteiger partial charge in [-0.05, 0) is 18.2 Å². The summed E-state index contributed by atoms with van der Waals surface area (Å²) in [7, 11) is 0. The fourth-order valence-electron chi connectivity index (χ4n) is 0.697. The largest absolute Gasteiger partial charge is 0.290 e. The lowest BCUT2D eigenvalue weighted by Gasteiger charge is -2.03. The summed E-state index contributed by atoms with van der Waals surface area (Å²) in [6.07, 6.45) is -0.387. The second-order valence-corrected chi connectivity index (χ2v) is 2.00. The van der Waals surface area contributed by atoms with Gasteiger partial charge in [-0.2, -0.15) is 0 Å². The molecule has 0 saturated carbocycles. The maximum atomic E-state index is 11.9. The number of hydrogen-bond donors (Lipinski definition) is 0. The molecule has 1 rings (SSSR count).